The van der Waals surface area contributed by atoms with Crippen LogP contribution in [0.3, 0.4) is 0 Å². The molecule has 0 aliphatic heterocycles. The Labute approximate surface area is 212 Å². The normalized spacial score (nSPS) is 10.6. The zero-order valence-corrected chi connectivity index (χ0v) is 20.0. The second-order valence-corrected chi connectivity index (χ2v) is 8.47. The van der Waals surface area contributed by atoms with Gasteiger partial charge in [0.2, 0.25) is 0 Å². The second kappa shape index (κ2) is 9.82. The van der Waals surface area contributed by atoms with E-state index in [4.69, 9.17) is 16.3 Å². The number of aromatic nitrogens is 2. The summed E-state index contributed by atoms with van der Waals surface area (Å²) >= 11 is 6.04. The third kappa shape index (κ3) is 4.71. The zero-order valence-electron chi connectivity index (χ0n) is 19.2. The highest BCUT2D eigenvalue weighted by Crippen LogP contribution is 2.31. The Hall–Kier alpha value is -4.80. The smallest absolute Gasteiger partial charge is 0.257 e. The number of hydrogen-bond donors (Lipinski definition) is 2. The molecule has 7 nitrogen and oxygen atoms in total. The number of nitriles is 1. The quantitative estimate of drug-likeness (QED) is 0.267. The summed E-state index contributed by atoms with van der Waals surface area (Å²) < 4.78 is 7.45. The van der Waals surface area contributed by atoms with Gasteiger partial charge in [0.05, 0.1) is 28.5 Å². The van der Waals surface area contributed by atoms with Crippen LogP contribution in [0.5, 0.6) is 11.5 Å². The van der Waals surface area contributed by atoms with E-state index in [2.05, 4.69) is 21.8 Å². The van der Waals surface area contributed by atoms with Gasteiger partial charge in [0.1, 0.15) is 17.6 Å². The molecule has 0 unspecified atom stereocenters. The van der Waals surface area contributed by atoms with Crippen LogP contribution in [0.15, 0.2) is 91.3 Å². The van der Waals surface area contributed by atoms with Gasteiger partial charge in [-0.05, 0) is 67.1 Å². The second-order valence-electron chi connectivity index (χ2n) is 8.03. The summed E-state index contributed by atoms with van der Waals surface area (Å²) in [5.41, 5.74) is 4.01. The van der Waals surface area contributed by atoms with Crippen LogP contribution in [0.4, 0.5) is 17.1 Å². The number of fused-ring (bicyclic) bond motifs is 1. The topological polar surface area (TPSA) is 91.5 Å². The van der Waals surface area contributed by atoms with Crippen LogP contribution in [-0.4, -0.2) is 15.5 Å². The van der Waals surface area contributed by atoms with Crippen LogP contribution in [0.1, 0.15) is 21.5 Å². The molecule has 0 radical (unpaired) electrons. The molecule has 5 rings (SSSR count). The van der Waals surface area contributed by atoms with Gasteiger partial charge in [-0.25, -0.2) is 4.52 Å². The van der Waals surface area contributed by atoms with Crippen molar-refractivity contribution in [1.82, 2.24) is 9.61 Å². The van der Waals surface area contributed by atoms with Crippen molar-refractivity contribution >= 4 is 40.1 Å². The standard InChI is InChI=1S/C28H20ClN5O2/c1-18-25(28(35)33-22-7-5-6-20(29)14-22)17-34-27(18)26(19(15-30)16-31-34)32-21-10-12-24(13-11-21)36-23-8-3-2-4-9-23/h2-14,16-17,32H,1H3,(H,33,35). The SMILES string of the molecule is Cc1c(C(=O)Nc2cccc(Cl)c2)cn2ncc(C#N)c(Nc3ccc(Oc4ccccc4)cc3)c12. The molecule has 0 aliphatic carbocycles. The average molecular weight is 494 g/mol. The lowest BCUT2D eigenvalue weighted by Gasteiger charge is -2.12. The molecule has 8 heteroatoms. The highest BCUT2D eigenvalue weighted by molar-refractivity contribution is 6.31. The van der Waals surface area contributed by atoms with Crippen molar-refractivity contribution in [2.45, 2.75) is 6.92 Å². The van der Waals surface area contributed by atoms with Crippen LogP contribution in [-0.2, 0) is 0 Å². The molecule has 5 aromatic rings. The van der Waals surface area contributed by atoms with Crippen LogP contribution >= 0.6 is 11.6 Å². The molecule has 0 aliphatic rings. The zero-order chi connectivity index (χ0) is 25.1. The van der Waals surface area contributed by atoms with E-state index in [1.807, 2.05) is 61.5 Å². The number of ether oxygens (including phenoxy) is 1. The van der Waals surface area contributed by atoms with E-state index in [0.717, 1.165) is 11.4 Å². The number of rotatable bonds is 6. The number of aryl methyl sites for hydroxylation is 1. The fourth-order valence-corrected chi connectivity index (χ4v) is 4.06. The Balaban J connectivity index is 1.45. The first-order chi connectivity index (χ1) is 17.5. The third-order valence-corrected chi connectivity index (χ3v) is 5.84. The minimum absolute atomic E-state index is 0.299. The predicted molar refractivity (Wildman–Crippen MR) is 140 cm³/mol. The molecule has 2 heterocycles. The van der Waals surface area contributed by atoms with E-state index in [-0.39, 0.29) is 5.91 Å². The molecule has 2 N–H and O–H groups in total. The number of hydrogen-bond acceptors (Lipinski definition) is 5. The van der Waals surface area contributed by atoms with Crippen LogP contribution in [0.2, 0.25) is 5.02 Å². The van der Waals surface area contributed by atoms with Crippen molar-refractivity contribution in [2.24, 2.45) is 0 Å². The number of amides is 1. The molecular weight excluding hydrogens is 474 g/mol. The maximum Gasteiger partial charge on any atom is 0.257 e. The first-order valence-corrected chi connectivity index (χ1v) is 11.5. The number of anilines is 3. The van der Waals surface area contributed by atoms with Crippen molar-refractivity contribution in [3.05, 3.63) is 113 Å². The molecule has 0 spiro atoms. The first-order valence-electron chi connectivity index (χ1n) is 11.1. The molecule has 2 aromatic heterocycles. The molecule has 0 bridgehead atoms. The number of para-hydroxylation sites is 1. The molecule has 0 saturated heterocycles. The lowest BCUT2D eigenvalue weighted by atomic mass is 10.1. The lowest BCUT2D eigenvalue weighted by molar-refractivity contribution is 0.102. The summed E-state index contributed by atoms with van der Waals surface area (Å²) in [7, 11) is 0. The fraction of sp³-hybridized carbons (Fsp3) is 0.0357. The van der Waals surface area contributed by atoms with Gasteiger partial charge >= 0.3 is 0 Å². The number of benzene rings is 3. The van der Waals surface area contributed by atoms with E-state index in [1.165, 1.54) is 6.20 Å². The molecule has 0 fully saturated rings. The van der Waals surface area contributed by atoms with Gasteiger partial charge in [-0.3, -0.25) is 4.79 Å². The molecule has 176 valence electrons. The molecule has 1 amide bonds. The van der Waals surface area contributed by atoms with Gasteiger partial charge in [-0.1, -0.05) is 35.9 Å². The number of nitrogens with zero attached hydrogens (tertiary/aromatic N) is 3. The summed E-state index contributed by atoms with van der Waals surface area (Å²) in [6.07, 6.45) is 3.12. The molecule has 0 saturated carbocycles. The highest BCUT2D eigenvalue weighted by Gasteiger charge is 2.20. The van der Waals surface area contributed by atoms with Crippen molar-refractivity contribution in [3.8, 4) is 17.6 Å². The summed E-state index contributed by atoms with van der Waals surface area (Å²) in [5.74, 6) is 1.13. The number of halogens is 1. The van der Waals surface area contributed by atoms with E-state index in [9.17, 15) is 10.1 Å². The van der Waals surface area contributed by atoms with Gasteiger partial charge in [0.25, 0.3) is 5.91 Å². The monoisotopic (exact) mass is 493 g/mol. The maximum absolute atomic E-state index is 13.0. The Morgan fingerprint density at radius 2 is 1.75 bits per heavy atom. The fourth-order valence-electron chi connectivity index (χ4n) is 3.87. The van der Waals surface area contributed by atoms with Gasteiger partial charge < -0.3 is 15.4 Å². The largest absolute Gasteiger partial charge is 0.457 e. The number of carbonyl (C=O) groups is 1. The van der Waals surface area contributed by atoms with Crippen LogP contribution in [0, 0.1) is 18.3 Å². The Kier molecular flexibility index (Phi) is 6.27. The number of nitrogens with one attached hydrogen (secondary N) is 2. The van der Waals surface area contributed by atoms with Crippen molar-refractivity contribution in [2.75, 3.05) is 10.6 Å². The summed E-state index contributed by atoms with van der Waals surface area (Å²) in [5, 5.41) is 20.8. The van der Waals surface area contributed by atoms with Gasteiger partial charge in [0.15, 0.2) is 0 Å². The van der Waals surface area contributed by atoms with Crippen molar-refractivity contribution in [1.29, 1.82) is 5.26 Å². The van der Waals surface area contributed by atoms with Crippen molar-refractivity contribution < 1.29 is 9.53 Å². The molecule has 3 aromatic carbocycles. The van der Waals surface area contributed by atoms with Gasteiger partial charge in [0, 0.05) is 22.6 Å². The minimum Gasteiger partial charge on any atom is -0.457 e. The van der Waals surface area contributed by atoms with Gasteiger partial charge in [-0.15, -0.1) is 0 Å². The minimum atomic E-state index is -0.299. The summed E-state index contributed by atoms with van der Waals surface area (Å²) in [6, 6.07) is 26.0. The van der Waals surface area contributed by atoms with Crippen LogP contribution < -0.4 is 15.4 Å². The molecule has 0 atom stereocenters. The average Bonchev–Trinajstić information content (AvgIpc) is 3.23. The summed E-state index contributed by atoms with van der Waals surface area (Å²) in [6.45, 7) is 1.83. The van der Waals surface area contributed by atoms with E-state index < -0.39 is 0 Å². The molecule has 36 heavy (non-hydrogen) atoms. The van der Waals surface area contributed by atoms with E-state index in [0.29, 0.717) is 44.4 Å². The third-order valence-electron chi connectivity index (χ3n) is 5.61. The number of carbonyl (C=O) groups excluding carboxylic acids is 1. The van der Waals surface area contributed by atoms with Gasteiger partial charge in [-0.2, -0.15) is 10.4 Å². The lowest BCUT2D eigenvalue weighted by Crippen LogP contribution is -2.12. The Morgan fingerprint density at radius 3 is 2.47 bits per heavy atom. The molecular formula is C28H20ClN5O2. The maximum atomic E-state index is 13.0. The van der Waals surface area contributed by atoms with Crippen LogP contribution in [0.25, 0.3) is 5.52 Å². The van der Waals surface area contributed by atoms with Crippen molar-refractivity contribution in [3.63, 3.8) is 0 Å². The summed E-state index contributed by atoms with van der Waals surface area (Å²) in [4.78, 5) is 13.0. The van der Waals surface area contributed by atoms with E-state index >= 15 is 0 Å². The Bertz CT molecular complexity index is 1610. The highest BCUT2D eigenvalue weighted by atomic mass is 35.5. The predicted octanol–water partition coefficient (Wildman–Crippen LogP) is 6.96. The Morgan fingerprint density at radius 1 is 1.00 bits per heavy atom. The van der Waals surface area contributed by atoms with E-state index in [1.54, 1.807) is 35.0 Å². The first kappa shape index (κ1) is 23.0.